The maximum absolute atomic E-state index is 11.7. The Morgan fingerprint density at radius 1 is 1.35 bits per heavy atom. The van der Waals surface area contributed by atoms with Crippen molar-refractivity contribution in [2.75, 3.05) is 20.2 Å². The zero-order valence-corrected chi connectivity index (χ0v) is 10.9. The maximum Gasteiger partial charge on any atom is 0.311 e. The minimum absolute atomic E-state index is 0.0320. The van der Waals surface area contributed by atoms with Crippen molar-refractivity contribution in [3.63, 3.8) is 0 Å². The first-order chi connectivity index (χ1) is 8.13. The van der Waals surface area contributed by atoms with Crippen LogP contribution >= 0.6 is 0 Å². The van der Waals surface area contributed by atoms with Crippen LogP contribution in [0.5, 0.6) is 0 Å². The number of ether oxygens (including phenoxy) is 1. The number of nitrogens with zero attached hydrogens (tertiary/aromatic N) is 1. The van der Waals surface area contributed by atoms with Crippen LogP contribution in [-0.2, 0) is 9.53 Å². The summed E-state index contributed by atoms with van der Waals surface area (Å²) < 4.78 is 4.85. The molecule has 2 aliphatic rings. The molecule has 1 aliphatic carbocycles. The van der Waals surface area contributed by atoms with Crippen molar-refractivity contribution in [2.45, 2.75) is 44.7 Å². The molecule has 4 unspecified atom stereocenters. The van der Waals surface area contributed by atoms with Gasteiger partial charge in [0.25, 0.3) is 0 Å². The molecule has 0 aromatic carbocycles. The van der Waals surface area contributed by atoms with Crippen molar-refractivity contribution in [3.8, 4) is 0 Å². The summed E-state index contributed by atoms with van der Waals surface area (Å²) in [6.07, 6.45) is 4.81. The van der Waals surface area contributed by atoms with E-state index in [1.54, 1.807) is 0 Å². The second kappa shape index (κ2) is 5.36. The Morgan fingerprint density at radius 2 is 2.12 bits per heavy atom. The fourth-order valence-corrected chi connectivity index (χ4v) is 3.37. The Labute approximate surface area is 103 Å². The molecular formula is C13H24N2O2. The van der Waals surface area contributed by atoms with Crippen LogP contribution in [0.15, 0.2) is 0 Å². The van der Waals surface area contributed by atoms with Crippen molar-refractivity contribution in [3.05, 3.63) is 0 Å². The summed E-state index contributed by atoms with van der Waals surface area (Å²) in [6.45, 7) is 4.13. The Bertz CT molecular complexity index is 283. The van der Waals surface area contributed by atoms with Gasteiger partial charge in [-0.2, -0.15) is 0 Å². The van der Waals surface area contributed by atoms with Gasteiger partial charge < -0.3 is 10.5 Å². The van der Waals surface area contributed by atoms with E-state index in [-0.39, 0.29) is 17.9 Å². The van der Waals surface area contributed by atoms with Gasteiger partial charge in [-0.15, -0.1) is 0 Å². The number of nitrogens with two attached hydrogens (primary N) is 1. The highest BCUT2D eigenvalue weighted by atomic mass is 16.5. The van der Waals surface area contributed by atoms with Gasteiger partial charge in [-0.3, -0.25) is 9.69 Å². The average Bonchev–Trinajstić information content (AvgIpc) is 2.75. The van der Waals surface area contributed by atoms with Crippen LogP contribution in [0.1, 0.15) is 32.6 Å². The summed E-state index contributed by atoms with van der Waals surface area (Å²) in [5, 5.41) is 0. The van der Waals surface area contributed by atoms with Crippen molar-refractivity contribution in [1.82, 2.24) is 4.90 Å². The first kappa shape index (κ1) is 12.8. The zero-order chi connectivity index (χ0) is 12.4. The molecule has 1 saturated heterocycles. The summed E-state index contributed by atoms with van der Waals surface area (Å²) in [5.74, 6) is 0.469. The molecule has 2 rings (SSSR count). The SMILES string of the molecule is COC(=O)C1CN(C2CCCC2C)CCC1N. The van der Waals surface area contributed by atoms with Gasteiger partial charge in [-0.1, -0.05) is 13.3 Å². The summed E-state index contributed by atoms with van der Waals surface area (Å²) in [4.78, 5) is 14.2. The second-order valence-electron chi connectivity index (χ2n) is 5.55. The van der Waals surface area contributed by atoms with Crippen LogP contribution in [0.2, 0.25) is 0 Å². The first-order valence-corrected chi connectivity index (χ1v) is 6.71. The minimum Gasteiger partial charge on any atom is -0.469 e. The fourth-order valence-electron chi connectivity index (χ4n) is 3.37. The lowest BCUT2D eigenvalue weighted by Crippen LogP contribution is -2.53. The average molecular weight is 240 g/mol. The third kappa shape index (κ3) is 2.63. The Balaban J connectivity index is 1.99. The van der Waals surface area contributed by atoms with Crippen LogP contribution in [0.25, 0.3) is 0 Å². The third-order valence-electron chi connectivity index (χ3n) is 4.49. The monoisotopic (exact) mass is 240 g/mol. The van der Waals surface area contributed by atoms with Crippen LogP contribution < -0.4 is 5.73 Å². The molecule has 0 radical (unpaired) electrons. The molecular weight excluding hydrogens is 216 g/mol. The molecule has 0 amide bonds. The number of esters is 1. The number of carbonyl (C=O) groups is 1. The van der Waals surface area contributed by atoms with E-state index in [4.69, 9.17) is 10.5 Å². The smallest absolute Gasteiger partial charge is 0.311 e. The van der Waals surface area contributed by atoms with Gasteiger partial charge in [0.1, 0.15) is 0 Å². The maximum atomic E-state index is 11.7. The number of methoxy groups -OCH3 is 1. The van der Waals surface area contributed by atoms with Gasteiger partial charge in [-0.05, 0) is 31.7 Å². The summed E-state index contributed by atoms with van der Waals surface area (Å²) in [6, 6.07) is 0.616. The molecule has 0 spiro atoms. The molecule has 4 atom stereocenters. The summed E-state index contributed by atoms with van der Waals surface area (Å²) in [7, 11) is 1.45. The van der Waals surface area contributed by atoms with E-state index in [0.717, 1.165) is 25.4 Å². The molecule has 0 aromatic heterocycles. The summed E-state index contributed by atoms with van der Waals surface area (Å²) in [5.41, 5.74) is 6.02. The van der Waals surface area contributed by atoms with Gasteiger partial charge in [0.05, 0.1) is 13.0 Å². The predicted octanol–water partition coefficient (Wildman–Crippen LogP) is 0.997. The normalized spacial score (nSPS) is 39.2. The standard InChI is InChI=1S/C13H24N2O2/c1-9-4-3-5-12(9)15-7-6-11(14)10(8-15)13(16)17-2/h9-12H,3-8,14H2,1-2H3. The number of rotatable bonds is 2. The fraction of sp³-hybridized carbons (Fsp3) is 0.923. The quantitative estimate of drug-likeness (QED) is 0.732. The van der Waals surface area contributed by atoms with E-state index < -0.39 is 0 Å². The molecule has 2 N–H and O–H groups in total. The van der Waals surface area contributed by atoms with Gasteiger partial charge in [0, 0.05) is 18.6 Å². The van der Waals surface area contributed by atoms with Crippen LogP contribution in [0.4, 0.5) is 0 Å². The molecule has 0 bridgehead atoms. The zero-order valence-electron chi connectivity index (χ0n) is 10.9. The highest BCUT2D eigenvalue weighted by Gasteiger charge is 2.38. The van der Waals surface area contributed by atoms with Gasteiger partial charge in [0.15, 0.2) is 0 Å². The topological polar surface area (TPSA) is 55.6 Å². The lowest BCUT2D eigenvalue weighted by molar-refractivity contribution is -0.148. The Morgan fingerprint density at radius 3 is 2.71 bits per heavy atom. The molecule has 1 saturated carbocycles. The molecule has 17 heavy (non-hydrogen) atoms. The molecule has 98 valence electrons. The lowest BCUT2D eigenvalue weighted by Gasteiger charge is -2.40. The lowest BCUT2D eigenvalue weighted by atomic mass is 9.90. The van der Waals surface area contributed by atoms with Crippen molar-refractivity contribution in [2.24, 2.45) is 17.6 Å². The second-order valence-corrected chi connectivity index (χ2v) is 5.55. The molecule has 1 aliphatic heterocycles. The first-order valence-electron chi connectivity index (χ1n) is 6.71. The molecule has 0 aromatic rings. The largest absolute Gasteiger partial charge is 0.469 e. The van der Waals surface area contributed by atoms with Gasteiger partial charge in [0.2, 0.25) is 0 Å². The van der Waals surface area contributed by atoms with Gasteiger partial charge >= 0.3 is 5.97 Å². The molecule has 4 heteroatoms. The number of hydrogen-bond acceptors (Lipinski definition) is 4. The van der Waals surface area contributed by atoms with Crippen molar-refractivity contribution >= 4 is 5.97 Å². The van der Waals surface area contributed by atoms with Crippen LogP contribution in [0, 0.1) is 11.8 Å². The Hall–Kier alpha value is -0.610. The van der Waals surface area contributed by atoms with Crippen molar-refractivity contribution in [1.29, 1.82) is 0 Å². The van der Waals surface area contributed by atoms with E-state index in [2.05, 4.69) is 11.8 Å². The molecule has 2 fully saturated rings. The third-order valence-corrected chi connectivity index (χ3v) is 4.49. The summed E-state index contributed by atoms with van der Waals surface area (Å²) >= 11 is 0. The van der Waals surface area contributed by atoms with Gasteiger partial charge in [-0.25, -0.2) is 0 Å². The highest BCUT2D eigenvalue weighted by Crippen LogP contribution is 2.32. The Kier molecular flexibility index (Phi) is 4.05. The highest BCUT2D eigenvalue weighted by molar-refractivity contribution is 5.73. The van der Waals surface area contributed by atoms with Crippen molar-refractivity contribution < 1.29 is 9.53 Å². The number of piperidine rings is 1. The number of likely N-dealkylation sites (tertiary alicyclic amines) is 1. The van der Waals surface area contributed by atoms with Crippen LogP contribution in [-0.4, -0.2) is 43.2 Å². The number of hydrogen-bond donors (Lipinski definition) is 1. The number of carbonyl (C=O) groups excluding carboxylic acids is 1. The van der Waals surface area contributed by atoms with E-state index in [1.807, 2.05) is 0 Å². The minimum atomic E-state index is -0.146. The van der Waals surface area contributed by atoms with E-state index >= 15 is 0 Å². The van der Waals surface area contributed by atoms with E-state index in [0.29, 0.717) is 6.04 Å². The molecule has 1 heterocycles. The van der Waals surface area contributed by atoms with E-state index in [9.17, 15) is 4.79 Å². The molecule has 4 nitrogen and oxygen atoms in total. The predicted molar refractivity (Wildman–Crippen MR) is 66.5 cm³/mol. The van der Waals surface area contributed by atoms with Crippen LogP contribution in [0.3, 0.4) is 0 Å². The van der Waals surface area contributed by atoms with E-state index in [1.165, 1.54) is 26.4 Å².